The zero-order valence-electron chi connectivity index (χ0n) is 15.5. The third-order valence-corrected chi connectivity index (χ3v) is 5.35. The quantitative estimate of drug-likeness (QED) is 0.313. The maximum atomic E-state index is 12.1. The molecule has 0 aliphatic carbocycles. The number of rotatable bonds is 6. The molecule has 29 heavy (non-hydrogen) atoms. The number of nitrogens with one attached hydrogen (secondary N) is 2. The fraction of sp³-hybridized carbons (Fsp3) is 0.0435. The molecule has 0 unspecified atom stereocenters. The van der Waals surface area contributed by atoms with Gasteiger partial charge in [-0.05, 0) is 58.1 Å². The molecular formula is C23H19N3O2S. The van der Waals surface area contributed by atoms with Gasteiger partial charge < -0.3 is 15.8 Å². The van der Waals surface area contributed by atoms with Crippen LogP contribution in [0.3, 0.4) is 0 Å². The molecule has 1 heterocycles. The Labute approximate surface area is 172 Å². The van der Waals surface area contributed by atoms with Crippen molar-refractivity contribution in [1.29, 1.82) is 5.41 Å². The number of benzene rings is 3. The van der Waals surface area contributed by atoms with Crippen molar-refractivity contribution >= 4 is 39.5 Å². The monoisotopic (exact) mass is 401 g/mol. The molecule has 0 radical (unpaired) electrons. The first kappa shape index (κ1) is 18.7. The van der Waals surface area contributed by atoms with E-state index in [0.717, 1.165) is 27.8 Å². The van der Waals surface area contributed by atoms with Crippen LogP contribution in [0.4, 0.5) is 5.69 Å². The van der Waals surface area contributed by atoms with E-state index in [4.69, 9.17) is 15.9 Å². The Morgan fingerprint density at radius 3 is 2.48 bits per heavy atom. The highest BCUT2D eigenvalue weighted by Crippen LogP contribution is 2.23. The van der Waals surface area contributed by atoms with Crippen molar-refractivity contribution in [2.24, 2.45) is 5.73 Å². The Kier molecular flexibility index (Phi) is 5.27. The Morgan fingerprint density at radius 2 is 1.76 bits per heavy atom. The van der Waals surface area contributed by atoms with Gasteiger partial charge in [0.25, 0.3) is 5.91 Å². The molecule has 0 spiro atoms. The summed E-state index contributed by atoms with van der Waals surface area (Å²) in [5, 5.41) is 14.3. The van der Waals surface area contributed by atoms with E-state index in [-0.39, 0.29) is 11.7 Å². The smallest absolute Gasteiger partial charge is 0.265 e. The molecule has 0 saturated heterocycles. The molecule has 6 heteroatoms. The number of ether oxygens (including phenoxy) is 1. The van der Waals surface area contributed by atoms with Crippen molar-refractivity contribution in [2.45, 2.75) is 6.61 Å². The standard InChI is InChI=1S/C23H19N3O2S/c24-22(25)18-6-5-17-13-20(10-7-16(17)12-18)28-14-15-3-8-19(9-4-15)26-23(27)21-2-1-11-29-21/h1-13H,14H2,(H3,24,25)(H,26,27). The van der Waals surface area contributed by atoms with Crippen LogP contribution in [0.2, 0.25) is 0 Å². The zero-order valence-corrected chi connectivity index (χ0v) is 16.3. The van der Waals surface area contributed by atoms with E-state index in [2.05, 4.69) is 5.32 Å². The molecule has 5 nitrogen and oxygen atoms in total. The molecule has 0 saturated carbocycles. The van der Waals surface area contributed by atoms with E-state index in [0.29, 0.717) is 17.0 Å². The average Bonchev–Trinajstić information content (AvgIpc) is 3.28. The first-order valence-corrected chi connectivity index (χ1v) is 9.91. The second-order valence-corrected chi connectivity index (χ2v) is 7.50. The topological polar surface area (TPSA) is 88.2 Å². The molecule has 4 rings (SSSR count). The number of hydrogen-bond acceptors (Lipinski definition) is 4. The van der Waals surface area contributed by atoms with Gasteiger partial charge in [-0.15, -0.1) is 11.3 Å². The van der Waals surface area contributed by atoms with Gasteiger partial charge in [0.05, 0.1) is 4.88 Å². The van der Waals surface area contributed by atoms with Gasteiger partial charge in [-0.25, -0.2) is 0 Å². The number of amides is 1. The maximum absolute atomic E-state index is 12.1. The number of nitrogens with two attached hydrogens (primary N) is 1. The lowest BCUT2D eigenvalue weighted by Gasteiger charge is -2.09. The van der Waals surface area contributed by atoms with Gasteiger partial charge >= 0.3 is 0 Å². The van der Waals surface area contributed by atoms with Crippen LogP contribution in [-0.4, -0.2) is 11.7 Å². The van der Waals surface area contributed by atoms with Crippen LogP contribution in [0.15, 0.2) is 78.2 Å². The van der Waals surface area contributed by atoms with Gasteiger partial charge in [-0.2, -0.15) is 0 Å². The molecule has 1 aromatic heterocycles. The minimum atomic E-state index is -0.104. The molecule has 0 aliphatic rings. The molecule has 1 amide bonds. The van der Waals surface area contributed by atoms with Crippen molar-refractivity contribution in [1.82, 2.24) is 0 Å². The lowest BCUT2D eigenvalue weighted by Crippen LogP contribution is -2.10. The van der Waals surface area contributed by atoms with E-state index in [1.165, 1.54) is 11.3 Å². The number of nitrogen functional groups attached to an aromatic ring is 1. The minimum absolute atomic E-state index is 0.0576. The summed E-state index contributed by atoms with van der Waals surface area (Å²) in [6, 6.07) is 22.8. The Bertz CT molecular complexity index is 1170. The van der Waals surface area contributed by atoms with Crippen LogP contribution in [0, 0.1) is 5.41 Å². The summed E-state index contributed by atoms with van der Waals surface area (Å²) in [5.41, 5.74) is 8.01. The summed E-state index contributed by atoms with van der Waals surface area (Å²) in [5.74, 6) is 0.721. The number of carbonyl (C=O) groups is 1. The summed E-state index contributed by atoms with van der Waals surface area (Å²) in [6.07, 6.45) is 0. The van der Waals surface area contributed by atoms with E-state index in [1.54, 1.807) is 6.07 Å². The van der Waals surface area contributed by atoms with E-state index >= 15 is 0 Å². The predicted octanol–water partition coefficient (Wildman–Crippen LogP) is 5.02. The molecule has 0 aliphatic heterocycles. The van der Waals surface area contributed by atoms with E-state index < -0.39 is 0 Å². The van der Waals surface area contributed by atoms with Crippen LogP contribution < -0.4 is 15.8 Å². The van der Waals surface area contributed by atoms with Crippen molar-refractivity contribution in [3.8, 4) is 5.75 Å². The molecule has 4 aromatic rings. The number of carbonyl (C=O) groups excluding carboxylic acids is 1. The second-order valence-electron chi connectivity index (χ2n) is 6.55. The number of anilines is 1. The number of fused-ring (bicyclic) bond motifs is 1. The molecule has 0 atom stereocenters. The number of amidine groups is 1. The number of hydrogen-bond donors (Lipinski definition) is 3. The van der Waals surface area contributed by atoms with Gasteiger partial charge in [-0.1, -0.05) is 36.4 Å². The molecule has 4 N–H and O–H groups in total. The van der Waals surface area contributed by atoms with Crippen LogP contribution in [0.1, 0.15) is 20.8 Å². The van der Waals surface area contributed by atoms with Gasteiger partial charge in [0.15, 0.2) is 0 Å². The second kappa shape index (κ2) is 8.16. The normalized spacial score (nSPS) is 10.6. The summed E-state index contributed by atoms with van der Waals surface area (Å²) >= 11 is 1.41. The van der Waals surface area contributed by atoms with Crippen molar-refractivity contribution in [2.75, 3.05) is 5.32 Å². The van der Waals surface area contributed by atoms with E-state index in [1.807, 2.05) is 72.1 Å². The third-order valence-electron chi connectivity index (χ3n) is 4.48. The van der Waals surface area contributed by atoms with Gasteiger partial charge in [-0.3, -0.25) is 10.2 Å². The molecule has 144 valence electrons. The summed E-state index contributed by atoms with van der Waals surface area (Å²) < 4.78 is 5.91. The third kappa shape index (κ3) is 4.44. The Balaban J connectivity index is 1.39. The lowest BCUT2D eigenvalue weighted by molar-refractivity contribution is 0.103. The Hall–Kier alpha value is -3.64. The van der Waals surface area contributed by atoms with Crippen LogP contribution >= 0.6 is 11.3 Å². The first-order valence-electron chi connectivity index (χ1n) is 9.03. The highest BCUT2D eigenvalue weighted by Gasteiger charge is 2.07. The summed E-state index contributed by atoms with van der Waals surface area (Å²) in [4.78, 5) is 12.8. The molecule has 0 fully saturated rings. The van der Waals surface area contributed by atoms with Gasteiger partial charge in [0.1, 0.15) is 18.2 Å². The molecule has 3 aromatic carbocycles. The Morgan fingerprint density at radius 1 is 1.00 bits per heavy atom. The fourth-order valence-electron chi connectivity index (χ4n) is 2.93. The maximum Gasteiger partial charge on any atom is 0.265 e. The zero-order chi connectivity index (χ0) is 20.2. The minimum Gasteiger partial charge on any atom is -0.489 e. The average molecular weight is 401 g/mol. The number of thiophene rings is 1. The lowest BCUT2D eigenvalue weighted by atomic mass is 10.1. The van der Waals surface area contributed by atoms with Gasteiger partial charge in [0, 0.05) is 11.3 Å². The van der Waals surface area contributed by atoms with Crippen molar-refractivity contribution in [3.05, 3.63) is 94.2 Å². The predicted molar refractivity (Wildman–Crippen MR) is 118 cm³/mol. The largest absolute Gasteiger partial charge is 0.489 e. The molecule has 0 bridgehead atoms. The fourth-order valence-corrected chi connectivity index (χ4v) is 3.55. The summed E-state index contributed by atoms with van der Waals surface area (Å²) in [7, 11) is 0. The van der Waals surface area contributed by atoms with Crippen LogP contribution in [0.5, 0.6) is 5.75 Å². The highest BCUT2D eigenvalue weighted by molar-refractivity contribution is 7.12. The first-order chi connectivity index (χ1) is 14.1. The van der Waals surface area contributed by atoms with Crippen molar-refractivity contribution < 1.29 is 9.53 Å². The summed E-state index contributed by atoms with van der Waals surface area (Å²) in [6.45, 7) is 0.427. The van der Waals surface area contributed by atoms with Crippen molar-refractivity contribution in [3.63, 3.8) is 0 Å². The van der Waals surface area contributed by atoms with Crippen LogP contribution in [-0.2, 0) is 6.61 Å². The van der Waals surface area contributed by atoms with Crippen LogP contribution in [0.25, 0.3) is 10.8 Å². The SMILES string of the molecule is N=C(N)c1ccc2cc(OCc3ccc(NC(=O)c4cccs4)cc3)ccc2c1. The van der Waals surface area contributed by atoms with Gasteiger partial charge in [0.2, 0.25) is 0 Å². The highest BCUT2D eigenvalue weighted by atomic mass is 32.1. The molecular weight excluding hydrogens is 382 g/mol. The van der Waals surface area contributed by atoms with E-state index in [9.17, 15) is 4.79 Å².